The number of nitrogens with zero attached hydrogens (tertiary/aromatic N) is 3. The second-order valence-electron chi connectivity index (χ2n) is 2.68. The van der Waals surface area contributed by atoms with Crippen molar-refractivity contribution in [1.82, 2.24) is 0 Å². The zero-order chi connectivity index (χ0) is 11.1. The van der Waals surface area contributed by atoms with Crippen LogP contribution < -0.4 is 4.74 Å². The van der Waals surface area contributed by atoms with Gasteiger partial charge >= 0.3 is 0 Å². The molecule has 4 nitrogen and oxygen atoms in total. The van der Waals surface area contributed by atoms with Crippen LogP contribution in [0.3, 0.4) is 0 Å². The Morgan fingerprint density at radius 2 is 2.40 bits per heavy atom. The summed E-state index contributed by atoms with van der Waals surface area (Å²) in [5.74, 6) is -0.224. The number of halogens is 1. The number of rotatable bonds is 4. The molecule has 1 rings (SSSR count). The number of azide groups is 1. The number of ether oxygens (including phenoxy) is 1. The Balaban J connectivity index is 2.89. The Bertz CT molecular complexity index is 411. The highest BCUT2D eigenvalue weighted by atomic mass is 19.1. The molecular weight excluding hydrogens is 197 g/mol. The van der Waals surface area contributed by atoms with Crippen molar-refractivity contribution in [2.45, 2.75) is 0 Å². The zero-order valence-electron chi connectivity index (χ0n) is 8.22. The molecule has 0 aromatic heterocycles. The molecule has 5 heteroatoms. The van der Waals surface area contributed by atoms with Crippen LogP contribution in [0, 0.1) is 5.82 Å². The summed E-state index contributed by atoms with van der Waals surface area (Å²) in [6.45, 7) is 0.232. The van der Waals surface area contributed by atoms with Crippen LogP contribution >= 0.6 is 0 Å². The average Bonchev–Trinajstić information content (AvgIpc) is 2.24. The van der Waals surface area contributed by atoms with Crippen LogP contribution in [0.15, 0.2) is 29.4 Å². The van der Waals surface area contributed by atoms with Crippen molar-refractivity contribution in [3.8, 4) is 5.75 Å². The van der Waals surface area contributed by atoms with Crippen LogP contribution in [0.25, 0.3) is 16.5 Å². The van der Waals surface area contributed by atoms with E-state index in [1.54, 1.807) is 24.3 Å². The summed E-state index contributed by atoms with van der Waals surface area (Å²) in [6.07, 6.45) is 3.29. The van der Waals surface area contributed by atoms with Gasteiger partial charge in [-0.25, -0.2) is 4.39 Å². The molecule has 0 aliphatic carbocycles. The highest BCUT2D eigenvalue weighted by molar-refractivity contribution is 5.57. The lowest BCUT2D eigenvalue weighted by atomic mass is 10.2. The summed E-state index contributed by atoms with van der Waals surface area (Å²) < 4.78 is 18.1. The molecule has 0 aliphatic heterocycles. The fourth-order valence-electron chi connectivity index (χ4n) is 1.14. The molecule has 0 heterocycles. The van der Waals surface area contributed by atoms with Crippen molar-refractivity contribution in [3.05, 3.63) is 46.1 Å². The topological polar surface area (TPSA) is 58.0 Å². The highest BCUT2D eigenvalue weighted by Crippen LogP contribution is 2.23. The van der Waals surface area contributed by atoms with E-state index in [9.17, 15) is 4.39 Å². The molecule has 0 saturated heterocycles. The number of para-hydroxylation sites is 1. The molecule has 0 unspecified atom stereocenters. The van der Waals surface area contributed by atoms with Crippen LogP contribution in [-0.2, 0) is 0 Å². The monoisotopic (exact) mass is 207 g/mol. The van der Waals surface area contributed by atoms with E-state index in [4.69, 9.17) is 10.3 Å². The van der Waals surface area contributed by atoms with E-state index >= 15 is 0 Å². The largest absolute Gasteiger partial charge is 0.493 e. The second kappa shape index (κ2) is 5.67. The summed E-state index contributed by atoms with van der Waals surface area (Å²) in [6, 6.07) is 4.63. The van der Waals surface area contributed by atoms with E-state index < -0.39 is 5.82 Å². The van der Waals surface area contributed by atoms with Gasteiger partial charge in [-0.2, -0.15) is 0 Å². The molecule has 1 aromatic carbocycles. The first-order chi connectivity index (χ1) is 7.29. The maximum Gasteiger partial charge on any atom is 0.165 e. The third-order valence-corrected chi connectivity index (χ3v) is 1.75. The van der Waals surface area contributed by atoms with Crippen LogP contribution in [0.5, 0.6) is 5.75 Å². The molecular formula is C10H10FN3O. The molecule has 0 fully saturated rings. The Morgan fingerprint density at radius 1 is 1.60 bits per heavy atom. The summed E-state index contributed by atoms with van der Waals surface area (Å²) in [5.41, 5.74) is 8.66. The third kappa shape index (κ3) is 3.00. The van der Waals surface area contributed by atoms with Crippen molar-refractivity contribution in [2.75, 3.05) is 13.7 Å². The minimum atomic E-state index is -0.413. The van der Waals surface area contributed by atoms with Gasteiger partial charge in [0.25, 0.3) is 0 Å². The van der Waals surface area contributed by atoms with Crippen molar-refractivity contribution < 1.29 is 9.13 Å². The van der Waals surface area contributed by atoms with Crippen molar-refractivity contribution >= 4 is 6.08 Å². The standard InChI is InChI=1S/C10H10FN3O/c1-15-10-8(4-2-6-9(10)11)5-3-7-13-14-12/h2-6H,7H2,1H3. The van der Waals surface area contributed by atoms with E-state index in [0.29, 0.717) is 5.56 Å². The maximum atomic E-state index is 13.2. The number of hydrogen-bond donors (Lipinski definition) is 0. The molecule has 0 aliphatic rings. The van der Waals surface area contributed by atoms with Gasteiger partial charge in [0, 0.05) is 17.0 Å². The van der Waals surface area contributed by atoms with Gasteiger partial charge in [0.15, 0.2) is 11.6 Å². The lowest BCUT2D eigenvalue weighted by Crippen LogP contribution is -1.90. The first kappa shape index (κ1) is 11.1. The molecule has 0 atom stereocenters. The second-order valence-corrected chi connectivity index (χ2v) is 2.68. The molecule has 15 heavy (non-hydrogen) atoms. The Labute approximate surface area is 86.6 Å². The summed E-state index contributed by atoms with van der Waals surface area (Å²) >= 11 is 0. The molecule has 1 aromatic rings. The Hall–Kier alpha value is -2.00. The molecule has 0 spiro atoms. The summed E-state index contributed by atoms with van der Waals surface area (Å²) in [4.78, 5) is 2.60. The van der Waals surface area contributed by atoms with Gasteiger partial charge in [-0.3, -0.25) is 0 Å². The predicted octanol–water partition coefficient (Wildman–Crippen LogP) is 3.16. The van der Waals surface area contributed by atoms with E-state index in [2.05, 4.69) is 10.0 Å². The van der Waals surface area contributed by atoms with Crippen molar-refractivity contribution in [1.29, 1.82) is 0 Å². The predicted molar refractivity (Wildman–Crippen MR) is 56.0 cm³/mol. The van der Waals surface area contributed by atoms with Gasteiger partial charge in [-0.1, -0.05) is 29.4 Å². The summed E-state index contributed by atoms with van der Waals surface area (Å²) in [5, 5.41) is 3.32. The number of methoxy groups -OCH3 is 1. The average molecular weight is 207 g/mol. The van der Waals surface area contributed by atoms with Crippen LogP contribution in [0.2, 0.25) is 0 Å². The lowest BCUT2D eigenvalue weighted by Gasteiger charge is -2.04. The first-order valence-electron chi connectivity index (χ1n) is 4.29. The number of hydrogen-bond acceptors (Lipinski definition) is 2. The maximum absolute atomic E-state index is 13.2. The minimum Gasteiger partial charge on any atom is -0.493 e. The summed E-state index contributed by atoms with van der Waals surface area (Å²) in [7, 11) is 1.41. The van der Waals surface area contributed by atoms with Gasteiger partial charge in [0.1, 0.15) is 0 Å². The van der Waals surface area contributed by atoms with Gasteiger partial charge in [-0.05, 0) is 11.6 Å². The zero-order valence-corrected chi connectivity index (χ0v) is 8.22. The molecule has 0 bridgehead atoms. The van der Waals surface area contributed by atoms with Gasteiger partial charge in [0.2, 0.25) is 0 Å². The molecule has 0 amide bonds. The molecule has 78 valence electrons. The molecule has 0 saturated carbocycles. The van der Waals surface area contributed by atoms with E-state index in [0.717, 1.165) is 0 Å². The van der Waals surface area contributed by atoms with E-state index in [-0.39, 0.29) is 12.3 Å². The van der Waals surface area contributed by atoms with E-state index in [1.807, 2.05) is 0 Å². The highest BCUT2D eigenvalue weighted by Gasteiger charge is 2.04. The van der Waals surface area contributed by atoms with Gasteiger partial charge in [-0.15, -0.1) is 0 Å². The first-order valence-corrected chi connectivity index (χ1v) is 4.29. The fourth-order valence-corrected chi connectivity index (χ4v) is 1.14. The lowest BCUT2D eigenvalue weighted by molar-refractivity contribution is 0.385. The third-order valence-electron chi connectivity index (χ3n) is 1.75. The Kier molecular flexibility index (Phi) is 4.19. The minimum absolute atomic E-state index is 0.190. The van der Waals surface area contributed by atoms with Crippen molar-refractivity contribution in [2.24, 2.45) is 5.11 Å². The van der Waals surface area contributed by atoms with Crippen LogP contribution in [0.1, 0.15) is 5.56 Å². The molecule has 0 N–H and O–H groups in total. The SMILES string of the molecule is COc1c(F)cccc1C=CCN=[N+]=[N-]. The Morgan fingerprint density at radius 3 is 3.07 bits per heavy atom. The van der Waals surface area contributed by atoms with Gasteiger partial charge in [0.05, 0.1) is 7.11 Å². The smallest absolute Gasteiger partial charge is 0.165 e. The van der Waals surface area contributed by atoms with Gasteiger partial charge < -0.3 is 4.74 Å². The quantitative estimate of drug-likeness (QED) is 0.425. The fraction of sp³-hybridized carbons (Fsp3) is 0.200. The van der Waals surface area contributed by atoms with Crippen LogP contribution in [-0.4, -0.2) is 13.7 Å². The van der Waals surface area contributed by atoms with Crippen LogP contribution in [0.4, 0.5) is 4.39 Å². The molecule has 0 radical (unpaired) electrons. The number of benzene rings is 1. The van der Waals surface area contributed by atoms with Crippen molar-refractivity contribution in [3.63, 3.8) is 0 Å². The normalized spacial score (nSPS) is 10.0. The van der Waals surface area contributed by atoms with E-state index in [1.165, 1.54) is 13.2 Å².